The molecule has 1 aliphatic rings. The van der Waals surface area contributed by atoms with Gasteiger partial charge in [0.1, 0.15) is 0 Å². The van der Waals surface area contributed by atoms with Crippen molar-refractivity contribution in [1.82, 2.24) is 0 Å². The fourth-order valence-corrected chi connectivity index (χ4v) is 1.87. The largest absolute Gasteiger partial charge is 0.0807 e. The lowest BCUT2D eigenvalue weighted by Gasteiger charge is -2.03. The predicted octanol–water partition coefficient (Wildman–Crippen LogP) is 3.83. The van der Waals surface area contributed by atoms with Crippen LogP contribution in [0.2, 0.25) is 0 Å². The third kappa shape index (κ3) is 2.21. The van der Waals surface area contributed by atoms with E-state index in [-0.39, 0.29) is 0 Å². The summed E-state index contributed by atoms with van der Waals surface area (Å²) < 4.78 is 0. The van der Waals surface area contributed by atoms with Gasteiger partial charge in [-0.05, 0) is 49.0 Å². The minimum absolute atomic E-state index is 1.25. The zero-order chi connectivity index (χ0) is 8.93. The molecule has 0 heterocycles. The summed E-state index contributed by atoms with van der Waals surface area (Å²) in [6.07, 6.45) is 9.00. The van der Waals surface area contributed by atoms with Crippen LogP contribution in [0.3, 0.4) is 0 Å². The van der Waals surface area contributed by atoms with Gasteiger partial charge < -0.3 is 0 Å². The summed E-state index contributed by atoms with van der Waals surface area (Å²) in [6, 6.07) is 11.4. The van der Waals surface area contributed by atoms with Crippen LogP contribution in [0.25, 0.3) is 5.57 Å². The first kappa shape index (κ1) is 8.55. The van der Waals surface area contributed by atoms with E-state index in [0.29, 0.717) is 0 Å². The highest BCUT2D eigenvalue weighted by Crippen LogP contribution is 2.25. The molecule has 1 radical (unpaired) electrons. The van der Waals surface area contributed by atoms with Crippen LogP contribution in [0, 0.1) is 6.07 Å². The number of hydrogen-bond acceptors (Lipinski definition) is 0. The Kier molecular flexibility index (Phi) is 2.81. The maximum absolute atomic E-state index is 3.14. The minimum atomic E-state index is 1.25. The Hall–Kier alpha value is -1.04. The van der Waals surface area contributed by atoms with Crippen LogP contribution < -0.4 is 0 Å². The Labute approximate surface area is 80.3 Å². The Balaban J connectivity index is 2.19. The van der Waals surface area contributed by atoms with E-state index in [1.807, 2.05) is 6.07 Å². The molecule has 67 valence electrons. The summed E-state index contributed by atoms with van der Waals surface area (Å²) in [5, 5.41) is 0. The van der Waals surface area contributed by atoms with Crippen LogP contribution in [-0.4, -0.2) is 0 Å². The molecule has 2 rings (SSSR count). The van der Waals surface area contributed by atoms with E-state index in [1.165, 1.54) is 43.2 Å². The predicted molar refractivity (Wildman–Crippen MR) is 56.3 cm³/mol. The zero-order valence-electron chi connectivity index (χ0n) is 7.92. The monoisotopic (exact) mass is 171 g/mol. The summed E-state index contributed by atoms with van der Waals surface area (Å²) in [4.78, 5) is 0. The van der Waals surface area contributed by atoms with Gasteiger partial charge in [0.25, 0.3) is 0 Å². The minimum Gasteiger partial charge on any atom is -0.0807 e. The van der Waals surface area contributed by atoms with Crippen LogP contribution in [0.4, 0.5) is 0 Å². The van der Waals surface area contributed by atoms with Crippen LogP contribution in [0.5, 0.6) is 0 Å². The van der Waals surface area contributed by atoms with Crippen LogP contribution in [0.15, 0.2) is 30.3 Å². The fraction of sp³-hybridized carbons (Fsp3) is 0.385. The van der Waals surface area contributed by atoms with Crippen molar-refractivity contribution in [2.24, 2.45) is 0 Å². The molecule has 0 aliphatic heterocycles. The van der Waals surface area contributed by atoms with Crippen molar-refractivity contribution >= 4 is 5.57 Å². The van der Waals surface area contributed by atoms with E-state index in [2.05, 4.69) is 30.3 Å². The highest BCUT2D eigenvalue weighted by atomic mass is 14.1. The lowest BCUT2D eigenvalue weighted by atomic mass is 10.0. The SMILES string of the molecule is [c]1cccc(C2=CCCCCC2)c1. The normalized spacial score (nSPS) is 17.7. The van der Waals surface area contributed by atoms with Gasteiger partial charge in [-0.15, -0.1) is 0 Å². The molecule has 0 heteroatoms. The van der Waals surface area contributed by atoms with E-state index in [0.717, 1.165) is 0 Å². The van der Waals surface area contributed by atoms with Crippen molar-refractivity contribution in [2.75, 3.05) is 0 Å². The van der Waals surface area contributed by atoms with Crippen LogP contribution >= 0.6 is 0 Å². The number of hydrogen-bond donors (Lipinski definition) is 0. The second-order valence-corrected chi connectivity index (χ2v) is 3.62. The first-order valence-electron chi connectivity index (χ1n) is 5.12. The van der Waals surface area contributed by atoms with Gasteiger partial charge >= 0.3 is 0 Å². The maximum atomic E-state index is 3.14. The van der Waals surface area contributed by atoms with E-state index < -0.39 is 0 Å². The smallest absolute Gasteiger partial charge is 0.0178 e. The maximum Gasteiger partial charge on any atom is -0.0178 e. The molecule has 0 bridgehead atoms. The van der Waals surface area contributed by atoms with Crippen molar-refractivity contribution in [3.05, 3.63) is 42.0 Å². The highest BCUT2D eigenvalue weighted by molar-refractivity contribution is 5.65. The van der Waals surface area contributed by atoms with Crippen molar-refractivity contribution in [3.8, 4) is 0 Å². The molecule has 0 fully saturated rings. The molecule has 0 N–H and O–H groups in total. The first-order chi connectivity index (χ1) is 6.47. The second kappa shape index (κ2) is 4.27. The van der Waals surface area contributed by atoms with E-state index in [1.54, 1.807) is 0 Å². The van der Waals surface area contributed by atoms with Gasteiger partial charge in [0.15, 0.2) is 0 Å². The van der Waals surface area contributed by atoms with Crippen LogP contribution in [-0.2, 0) is 0 Å². The van der Waals surface area contributed by atoms with Crippen molar-refractivity contribution in [3.63, 3.8) is 0 Å². The standard InChI is InChI=1S/C13H15/c1-2-5-9-12(8-4-1)13-10-6-3-7-11-13/h3,6,8,10-11H,1-2,4-5,9H2. The Bertz CT molecular complexity index is 282. The van der Waals surface area contributed by atoms with Gasteiger partial charge in [-0.2, -0.15) is 0 Å². The molecule has 1 aromatic rings. The van der Waals surface area contributed by atoms with Gasteiger partial charge in [-0.3, -0.25) is 0 Å². The molecule has 1 aromatic carbocycles. The van der Waals surface area contributed by atoms with E-state index in [9.17, 15) is 0 Å². The molecule has 1 aliphatic carbocycles. The summed E-state index contributed by atoms with van der Waals surface area (Å²) in [5.41, 5.74) is 2.89. The average Bonchev–Trinajstić information content (AvgIpc) is 2.47. The Morgan fingerprint density at radius 3 is 3.00 bits per heavy atom. The summed E-state index contributed by atoms with van der Waals surface area (Å²) in [5.74, 6) is 0. The van der Waals surface area contributed by atoms with Crippen LogP contribution in [0.1, 0.15) is 37.7 Å². The van der Waals surface area contributed by atoms with E-state index >= 15 is 0 Å². The van der Waals surface area contributed by atoms with Gasteiger partial charge in [0.05, 0.1) is 0 Å². The zero-order valence-corrected chi connectivity index (χ0v) is 7.92. The molecule has 0 unspecified atom stereocenters. The molecule has 0 spiro atoms. The van der Waals surface area contributed by atoms with Gasteiger partial charge in [-0.25, -0.2) is 0 Å². The van der Waals surface area contributed by atoms with Crippen molar-refractivity contribution in [1.29, 1.82) is 0 Å². The quantitative estimate of drug-likeness (QED) is 0.602. The summed E-state index contributed by atoms with van der Waals surface area (Å²) in [7, 11) is 0. The third-order valence-electron chi connectivity index (χ3n) is 2.62. The molecule has 0 saturated carbocycles. The lowest BCUT2D eigenvalue weighted by molar-refractivity contribution is 0.720. The Morgan fingerprint density at radius 1 is 1.15 bits per heavy atom. The molecular formula is C13H15. The summed E-state index contributed by atoms with van der Waals surface area (Å²) in [6.45, 7) is 0. The van der Waals surface area contributed by atoms with Crippen molar-refractivity contribution < 1.29 is 0 Å². The molecule has 13 heavy (non-hydrogen) atoms. The molecule has 0 amide bonds. The fourth-order valence-electron chi connectivity index (χ4n) is 1.87. The Morgan fingerprint density at radius 2 is 2.15 bits per heavy atom. The first-order valence-corrected chi connectivity index (χ1v) is 5.12. The van der Waals surface area contributed by atoms with E-state index in [4.69, 9.17) is 0 Å². The lowest BCUT2D eigenvalue weighted by Crippen LogP contribution is -1.82. The topological polar surface area (TPSA) is 0 Å². The number of rotatable bonds is 1. The van der Waals surface area contributed by atoms with Gasteiger partial charge in [-0.1, -0.05) is 30.7 Å². The molecule has 0 nitrogen and oxygen atoms in total. The summed E-state index contributed by atoms with van der Waals surface area (Å²) >= 11 is 0. The number of benzene rings is 1. The molecule has 0 atom stereocenters. The molecule has 0 aromatic heterocycles. The molecule has 0 saturated heterocycles. The second-order valence-electron chi connectivity index (χ2n) is 3.62. The highest BCUT2D eigenvalue weighted by Gasteiger charge is 2.03. The van der Waals surface area contributed by atoms with Crippen molar-refractivity contribution in [2.45, 2.75) is 32.1 Å². The number of allylic oxidation sites excluding steroid dienone is 2. The average molecular weight is 171 g/mol. The van der Waals surface area contributed by atoms with Gasteiger partial charge in [0.2, 0.25) is 0 Å². The molecular weight excluding hydrogens is 156 g/mol. The van der Waals surface area contributed by atoms with Gasteiger partial charge in [0, 0.05) is 0 Å². The third-order valence-corrected chi connectivity index (χ3v) is 2.62.